The van der Waals surface area contributed by atoms with Gasteiger partial charge in [0.15, 0.2) is 0 Å². The van der Waals surface area contributed by atoms with E-state index in [1.54, 1.807) is 24.3 Å². The molecule has 1 rings (SSSR count). The number of benzene rings is 1. The van der Waals surface area contributed by atoms with Crippen LogP contribution in [0.2, 0.25) is 0 Å². The third kappa shape index (κ3) is 6.93. The topological polar surface area (TPSA) is 75.7 Å². The van der Waals surface area contributed by atoms with Crippen molar-refractivity contribution in [1.82, 2.24) is 5.32 Å². The third-order valence-corrected chi connectivity index (χ3v) is 4.65. The lowest BCUT2D eigenvalue weighted by Gasteiger charge is -2.22. The molecule has 0 fully saturated rings. The normalized spacial score (nSPS) is 11.2. The van der Waals surface area contributed by atoms with E-state index >= 15 is 0 Å². The maximum absolute atomic E-state index is 11.9. The molecule has 0 aliphatic heterocycles. The number of carbonyl (C=O) groups is 1. The Balaban J connectivity index is 2.63. The first kappa shape index (κ1) is 19.2. The second kappa shape index (κ2) is 9.31. The zero-order chi connectivity index (χ0) is 16.6. The highest BCUT2D eigenvalue weighted by Gasteiger charge is 2.20. The van der Waals surface area contributed by atoms with Gasteiger partial charge in [-0.05, 0) is 60.2 Å². The Labute approximate surface area is 145 Å². The molecule has 6 nitrogen and oxygen atoms in total. The Kier molecular flexibility index (Phi) is 8.12. The molecule has 0 saturated carbocycles. The number of nitrogens with one attached hydrogen (secondary N) is 1. The molecule has 0 atom stereocenters. The Morgan fingerprint density at radius 1 is 1.32 bits per heavy atom. The van der Waals surface area contributed by atoms with Gasteiger partial charge < -0.3 is 10.1 Å². The molecule has 0 saturated heterocycles. The maximum atomic E-state index is 11.9. The first-order valence-corrected chi connectivity index (χ1v) is 9.85. The Morgan fingerprint density at radius 3 is 2.50 bits per heavy atom. The summed E-state index contributed by atoms with van der Waals surface area (Å²) in [5, 5.41) is 2.70. The molecule has 1 N–H and O–H groups in total. The van der Waals surface area contributed by atoms with Crippen LogP contribution in [0.3, 0.4) is 0 Å². The SMILES string of the molecule is CCOCCCNC(=O)CN(c1ccc(I)cc1)S(C)(=O)=O. The van der Waals surface area contributed by atoms with E-state index in [2.05, 4.69) is 27.9 Å². The molecule has 1 aromatic carbocycles. The first-order chi connectivity index (χ1) is 10.3. The van der Waals surface area contributed by atoms with E-state index in [1.807, 2.05) is 6.92 Å². The van der Waals surface area contributed by atoms with E-state index in [9.17, 15) is 13.2 Å². The van der Waals surface area contributed by atoms with Crippen LogP contribution < -0.4 is 9.62 Å². The fraction of sp³-hybridized carbons (Fsp3) is 0.500. The smallest absolute Gasteiger partial charge is 0.240 e. The minimum absolute atomic E-state index is 0.228. The monoisotopic (exact) mass is 440 g/mol. The molecule has 0 unspecified atom stereocenters. The zero-order valence-corrected chi connectivity index (χ0v) is 15.7. The van der Waals surface area contributed by atoms with Crippen LogP contribution in [0.15, 0.2) is 24.3 Å². The van der Waals surface area contributed by atoms with Crippen molar-refractivity contribution >= 4 is 44.2 Å². The summed E-state index contributed by atoms with van der Waals surface area (Å²) in [5.74, 6) is -0.333. The van der Waals surface area contributed by atoms with Crippen molar-refractivity contribution in [3.63, 3.8) is 0 Å². The van der Waals surface area contributed by atoms with Gasteiger partial charge in [-0.15, -0.1) is 0 Å². The molecular weight excluding hydrogens is 419 g/mol. The highest BCUT2D eigenvalue weighted by atomic mass is 127. The average molecular weight is 440 g/mol. The Bertz CT molecular complexity index is 575. The van der Waals surface area contributed by atoms with E-state index in [4.69, 9.17) is 4.74 Å². The number of ether oxygens (including phenoxy) is 1. The first-order valence-electron chi connectivity index (χ1n) is 6.92. The third-order valence-electron chi connectivity index (χ3n) is 2.79. The van der Waals surface area contributed by atoms with Crippen LogP contribution in [0.1, 0.15) is 13.3 Å². The molecule has 0 heterocycles. The van der Waals surface area contributed by atoms with Crippen molar-refractivity contribution in [3.8, 4) is 0 Å². The number of hydrogen-bond acceptors (Lipinski definition) is 4. The molecule has 0 spiro atoms. The number of carbonyl (C=O) groups excluding carboxylic acids is 1. The number of amides is 1. The summed E-state index contributed by atoms with van der Waals surface area (Å²) in [6.07, 6.45) is 1.79. The summed E-state index contributed by atoms with van der Waals surface area (Å²) in [6.45, 7) is 3.35. The fourth-order valence-electron chi connectivity index (χ4n) is 1.74. The van der Waals surface area contributed by atoms with Gasteiger partial charge in [-0.1, -0.05) is 0 Å². The van der Waals surface area contributed by atoms with Gasteiger partial charge in [0, 0.05) is 23.3 Å². The van der Waals surface area contributed by atoms with Crippen molar-refractivity contribution in [2.24, 2.45) is 0 Å². The van der Waals surface area contributed by atoms with Gasteiger partial charge in [0.1, 0.15) is 6.54 Å². The predicted molar refractivity (Wildman–Crippen MR) is 95.5 cm³/mol. The van der Waals surface area contributed by atoms with Crippen LogP contribution in [0.5, 0.6) is 0 Å². The van der Waals surface area contributed by atoms with Crippen molar-refractivity contribution < 1.29 is 17.9 Å². The predicted octanol–water partition coefficient (Wildman–Crippen LogP) is 1.60. The molecule has 1 amide bonds. The van der Waals surface area contributed by atoms with E-state index in [-0.39, 0.29) is 12.5 Å². The van der Waals surface area contributed by atoms with Crippen molar-refractivity contribution in [2.45, 2.75) is 13.3 Å². The van der Waals surface area contributed by atoms with Gasteiger partial charge in [-0.25, -0.2) is 8.42 Å². The second-order valence-corrected chi connectivity index (χ2v) is 7.80. The molecule has 0 radical (unpaired) electrons. The molecular formula is C14H21IN2O4S. The lowest BCUT2D eigenvalue weighted by atomic mass is 10.3. The summed E-state index contributed by atoms with van der Waals surface area (Å²) in [7, 11) is -3.52. The van der Waals surface area contributed by atoms with Crippen LogP contribution >= 0.6 is 22.6 Å². The average Bonchev–Trinajstić information content (AvgIpc) is 2.44. The maximum Gasteiger partial charge on any atom is 0.240 e. The quantitative estimate of drug-likeness (QED) is 0.468. The summed E-state index contributed by atoms with van der Waals surface area (Å²) < 4.78 is 31.0. The highest BCUT2D eigenvalue weighted by molar-refractivity contribution is 14.1. The molecule has 1 aromatic rings. The minimum atomic E-state index is -3.52. The molecule has 8 heteroatoms. The number of anilines is 1. The van der Waals surface area contributed by atoms with Crippen LogP contribution in [-0.2, 0) is 19.6 Å². The highest BCUT2D eigenvalue weighted by Crippen LogP contribution is 2.18. The molecule has 0 aliphatic rings. The number of sulfonamides is 1. The molecule has 124 valence electrons. The molecule has 22 heavy (non-hydrogen) atoms. The van der Waals surface area contributed by atoms with Gasteiger partial charge in [-0.2, -0.15) is 0 Å². The number of halogens is 1. The summed E-state index contributed by atoms with van der Waals surface area (Å²) in [4.78, 5) is 11.9. The zero-order valence-electron chi connectivity index (χ0n) is 12.7. The minimum Gasteiger partial charge on any atom is -0.382 e. The van der Waals surface area contributed by atoms with E-state index < -0.39 is 10.0 Å². The largest absolute Gasteiger partial charge is 0.382 e. The second-order valence-electron chi connectivity index (χ2n) is 4.65. The summed E-state index contributed by atoms with van der Waals surface area (Å²) >= 11 is 2.14. The van der Waals surface area contributed by atoms with Crippen molar-refractivity contribution in [2.75, 3.05) is 36.9 Å². The van der Waals surface area contributed by atoms with Crippen LogP contribution in [0.25, 0.3) is 0 Å². The van der Waals surface area contributed by atoms with Gasteiger partial charge in [0.25, 0.3) is 0 Å². The number of nitrogens with zero attached hydrogens (tertiary/aromatic N) is 1. The van der Waals surface area contributed by atoms with Crippen LogP contribution in [0, 0.1) is 3.57 Å². The lowest BCUT2D eigenvalue weighted by molar-refractivity contribution is -0.119. The van der Waals surface area contributed by atoms with Gasteiger partial charge in [0.2, 0.25) is 15.9 Å². The Hall–Kier alpha value is -0.870. The van der Waals surface area contributed by atoms with E-state index in [0.29, 0.717) is 31.9 Å². The summed E-state index contributed by atoms with van der Waals surface area (Å²) in [5.41, 5.74) is 0.479. The van der Waals surface area contributed by atoms with E-state index in [1.165, 1.54) is 0 Å². The summed E-state index contributed by atoms with van der Waals surface area (Å²) in [6, 6.07) is 6.97. The number of hydrogen-bond donors (Lipinski definition) is 1. The van der Waals surface area contributed by atoms with Crippen molar-refractivity contribution in [1.29, 1.82) is 0 Å². The van der Waals surface area contributed by atoms with Crippen LogP contribution in [-0.4, -0.2) is 46.9 Å². The number of rotatable bonds is 9. The molecule has 0 bridgehead atoms. The molecule has 0 aliphatic carbocycles. The van der Waals surface area contributed by atoms with Gasteiger partial charge in [-0.3, -0.25) is 9.10 Å². The Morgan fingerprint density at radius 2 is 1.95 bits per heavy atom. The van der Waals surface area contributed by atoms with Gasteiger partial charge >= 0.3 is 0 Å². The lowest BCUT2D eigenvalue weighted by Crippen LogP contribution is -2.40. The standard InChI is InChI=1S/C14H21IN2O4S/c1-3-21-10-4-9-16-14(18)11-17(22(2,19)20)13-7-5-12(15)6-8-13/h5-8H,3-4,9-11H2,1-2H3,(H,16,18). The van der Waals surface area contributed by atoms with Gasteiger partial charge in [0.05, 0.1) is 11.9 Å². The van der Waals surface area contributed by atoms with E-state index in [0.717, 1.165) is 14.1 Å². The van der Waals surface area contributed by atoms with Crippen LogP contribution in [0.4, 0.5) is 5.69 Å². The van der Waals surface area contributed by atoms with Crippen molar-refractivity contribution in [3.05, 3.63) is 27.8 Å². The molecule has 0 aromatic heterocycles. The fourth-order valence-corrected chi connectivity index (χ4v) is 2.96.